The molecule has 0 N–H and O–H groups in total. The van der Waals surface area contributed by atoms with Gasteiger partial charge in [0.05, 0.1) is 23.3 Å². The van der Waals surface area contributed by atoms with Crippen molar-refractivity contribution in [1.29, 1.82) is 0 Å². The lowest BCUT2D eigenvalue weighted by molar-refractivity contribution is -0.172. The van der Waals surface area contributed by atoms with Crippen molar-refractivity contribution in [2.75, 3.05) is 18.0 Å². The molecule has 3 aromatic rings. The van der Waals surface area contributed by atoms with Gasteiger partial charge in [-0.15, -0.1) is 0 Å². The second-order valence-electron chi connectivity index (χ2n) is 9.64. The zero-order chi connectivity index (χ0) is 25.0. The van der Waals surface area contributed by atoms with Crippen molar-refractivity contribution in [3.05, 3.63) is 36.0 Å². The highest BCUT2D eigenvalue weighted by Crippen LogP contribution is 2.37. The Balaban J connectivity index is 0.000000301. The average molecular weight is 490 g/mol. The number of hydrogen-bond donors (Lipinski definition) is 0. The van der Waals surface area contributed by atoms with E-state index >= 15 is 0 Å². The Hall–Kier alpha value is -2.78. The van der Waals surface area contributed by atoms with Gasteiger partial charge in [-0.3, -0.25) is 4.68 Å². The summed E-state index contributed by atoms with van der Waals surface area (Å²) in [5, 5.41) is 4.09. The molecule has 35 heavy (non-hydrogen) atoms. The molecule has 2 unspecified atom stereocenters. The highest BCUT2D eigenvalue weighted by molar-refractivity contribution is 5.74. The molecule has 4 heterocycles. The van der Waals surface area contributed by atoms with E-state index in [-0.39, 0.29) is 12.3 Å². The molecule has 1 aliphatic heterocycles. The molecule has 2 fully saturated rings. The minimum atomic E-state index is -4.21. The van der Waals surface area contributed by atoms with Crippen LogP contribution in [0.15, 0.2) is 24.7 Å². The predicted molar refractivity (Wildman–Crippen MR) is 129 cm³/mol. The van der Waals surface area contributed by atoms with Crippen LogP contribution < -0.4 is 4.90 Å². The van der Waals surface area contributed by atoms with E-state index in [1.54, 1.807) is 6.20 Å². The van der Waals surface area contributed by atoms with E-state index in [1.807, 2.05) is 37.0 Å². The van der Waals surface area contributed by atoms with Gasteiger partial charge in [0.15, 0.2) is 5.65 Å². The smallest absolute Gasteiger partial charge is 0.341 e. The van der Waals surface area contributed by atoms with Crippen molar-refractivity contribution >= 4 is 17.1 Å². The lowest BCUT2D eigenvalue weighted by Crippen LogP contribution is -2.31. The number of halogens is 3. The number of alkyl halides is 3. The molecule has 7 nitrogen and oxygen atoms in total. The number of fused-ring (bicyclic) bond motifs is 1. The van der Waals surface area contributed by atoms with Crippen LogP contribution in [0, 0.1) is 12.8 Å². The molecule has 0 radical (unpaired) electrons. The molecular weight excluding hydrogens is 455 g/mol. The summed E-state index contributed by atoms with van der Waals surface area (Å²) < 4.78 is 41.4. The van der Waals surface area contributed by atoms with Crippen LogP contribution in [0.2, 0.25) is 0 Å². The highest BCUT2D eigenvalue weighted by Gasteiger charge is 2.38. The standard InChI is InChI=1S/C19H26F3N5.C6H8N2/c1-4-14(10-12(2)19(20,21)22)15-16-17(24-13(3)11-23-16)26-18(25-15)27-8-6-5-7-9-27;1-4-7-8(5-1)6-2-3-6/h11-12,14H,4-10H2,1-3H3;1,4-6H,2-3H2. The summed E-state index contributed by atoms with van der Waals surface area (Å²) in [7, 11) is 0. The van der Waals surface area contributed by atoms with E-state index in [0.29, 0.717) is 29.2 Å². The van der Waals surface area contributed by atoms with Crippen LogP contribution >= 0.6 is 0 Å². The molecule has 2 atom stereocenters. The van der Waals surface area contributed by atoms with Crippen molar-refractivity contribution in [2.45, 2.75) is 83.9 Å². The summed E-state index contributed by atoms with van der Waals surface area (Å²) in [4.78, 5) is 20.3. The maximum atomic E-state index is 13.1. The molecule has 0 amide bonds. The molecule has 0 spiro atoms. The second kappa shape index (κ2) is 10.9. The van der Waals surface area contributed by atoms with Gasteiger partial charge in [-0.2, -0.15) is 23.3 Å². The van der Waals surface area contributed by atoms with Crippen molar-refractivity contribution in [1.82, 2.24) is 29.7 Å². The van der Waals surface area contributed by atoms with Gasteiger partial charge in [-0.05, 0) is 57.9 Å². The first kappa shape index (κ1) is 25.3. The number of hydrogen-bond acceptors (Lipinski definition) is 6. The van der Waals surface area contributed by atoms with Crippen LogP contribution in [-0.4, -0.2) is 49.0 Å². The minimum Gasteiger partial charge on any atom is -0.341 e. The number of piperidine rings is 1. The van der Waals surface area contributed by atoms with Crippen LogP contribution in [-0.2, 0) is 0 Å². The molecule has 10 heteroatoms. The third-order valence-electron chi connectivity index (χ3n) is 6.70. The van der Waals surface area contributed by atoms with Crippen molar-refractivity contribution < 1.29 is 13.2 Å². The van der Waals surface area contributed by atoms with E-state index in [9.17, 15) is 13.2 Å². The van der Waals surface area contributed by atoms with E-state index in [0.717, 1.165) is 37.7 Å². The normalized spacial score (nSPS) is 18.2. The maximum absolute atomic E-state index is 13.1. The number of rotatable bonds is 6. The summed E-state index contributed by atoms with van der Waals surface area (Å²) >= 11 is 0. The van der Waals surface area contributed by atoms with E-state index in [1.165, 1.54) is 26.2 Å². The summed E-state index contributed by atoms with van der Waals surface area (Å²) in [5.41, 5.74) is 2.31. The number of aryl methyl sites for hydroxylation is 1. The summed E-state index contributed by atoms with van der Waals surface area (Å²) in [6, 6.07) is 2.71. The largest absolute Gasteiger partial charge is 0.391 e. The Morgan fingerprint density at radius 1 is 1.09 bits per heavy atom. The molecule has 1 saturated heterocycles. The minimum absolute atomic E-state index is 0.0128. The molecule has 1 aliphatic carbocycles. The molecule has 2 aliphatic rings. The molecule has 190 valence electrons. The van der Waals surface area contributed by atoms with Gasteiger partial charge in [0.25, 0.3) is 0 Å². The lowest BCUT2D eigenvalue weighted by atomic mass is 9.90. The maximum Gasteiger partial charge on any atom is 0.391 e. The summed E-state index contributed by atoms with van der Waals surface area (Å²) in [6.07, 6.45) is 7.76. The molecular formula is C25H34F3N7. The summed E-state index contributed by atoms with van der Waals surface area (Å²) in [6.45, 7) is 6.68. The van der Waals surface area contributed by atoms with Gasteiger partial charge in [0, 0.05) is 37.6 Å². The van der Waals surface area contributed by atoms with E-state index in [4.69, 9.17) is 4.98 Å². The fourth-order valence-electron chi connectivity index (χ4n) is 4.39. The second-order valence-corrected chi connectivity index (χ2v) is 9.64. The zero-order valence-electron chi connectivity index (χ0n) is 20.7. The first-order valence-electron chi connectivity index (χ1n) is 12.6. The van der Waals surface area contributed by atoms with Crippen molar-refractivity contribution in [3.63, 3.8) is 0 Å². The van der Waals surface area contributed by atoms with Crippen LogP contribution in [0.5, 0.6) is 0 Å². The Morgan fingerprint density at radius 2 is 1.83 bits per heavy atom. The molecule has 1 saturated carbocycles. The Bertz CT molecular complexity index is 1090. The highest BCUT2D eigenvalue weighted by atomic mass is 19.4. The van der Waals surface area contributed by atoms with Crippen LogP contribution in [0.1, 0.15) is 82.1 Å². The van der Waals surface area contributed by atoms with Crippen molar-refractivity contribution in [3.8, 4) is 0 Å². The van der Waals surface area contributed by atoms with E-state index < -0.39 is 12.1 Å². The van der Waals surface area contributed by atoms with Gasteiger partial charge in [-0.1, -0.05) is 13.8 Å². The van der Waals surface area contributed by atoms with Crippen LogP contribution in [0.3, 0.4) is 0 Å². The first-order chi connectivity index (χ1) is 16.8. The van der Waals surface area contributed by atoms with Gasteiger partial charge >= 0.3 is 6.18 Å². The molecule has 5 rings (SSSR count). The third kappa shape index (κ3) is 6.46. The number of nitrogens with zero attached hydrogens (tertiary/aromatic N) is 7. The zero-order valence-corrected chi connectivity index (χ0v) is 20.7. The molecule has 0 aromatic carbocycles. The Kier molecular flexibility index (Phi) is 7.86. The van der Waals surface area contributed by atoms with Crippen LogP contribution in [0.25, 0.3) is 11.2 Å². The first-order valence-corrected chi connectivity index (χ1v) is 12.6. The number of aromatic nitrogens is 6. The molecule has 3 aromatic heterocycles. The fourth-order valence-corrected chi connectivity index (χ4v) is 4.39. The van der Waals surface area contributed by atoms with Gasteiger partial charge in [-0.25, -0.2) is 15.0 Å². The van der Waals surface area contributed by atoms with E-state index in [2.05, 4.69) is 25.0 Å². The average Bonchev–Trinajstić information content (AvgIpc) is 3.55. The topological polar surface area (TPSA) is 72.6 Å². The molecule has 0 bridgehead atoms. The fraction of sp³-hybridized carbons (Fsp3) is 0.640. The summed E-state index contributed by atoms with van der Waals surface area (Å²) in [5.74, 6) is -1.17. The SMILES string of the molecule is CCC(CC(C)C(F)(F)F)c1nc(N2CCCCC2)nc2nc(C)cnc12.c1cnn(C2CC2)c1. The Labute approximate surface area is 204 Å². The predicted octanol–water partition coefficient (Wildman–Crippen LogP) is 6.02. The van der Waals surface area contributed by atoms with Crippen molar-refractivity contribution in [2.24, 2.45) is 5.92 Å². The lowest BCUT2D eigenvalue weighted by Gasteiger charge is -2.28. The van der Waals surface area contributed by atoms with Gasteiger partial charge in [0.1, 0.15) is 5.52 Å². The van der Waals surface area contributed by atoms with Gasteiger partial charge < -0.3 is 4.90 Å². The monoisotopic (exact) mass is 489 g/mol. The quantitative estimate of drug-likeness (QED) is 0.422. The number of anilines is 1. The van der Waals surface area contributed by atoms with Gasteiger partial charge in [0.2, 0.25) is 5.95 Å². The Morgan fingerprint density at radius 3 is 2.43 bits per heavy atom. The van der Waals surface area contributed by atoms with Crippen LogP contribution in [0.4, 0.5) is 19.1 Å². The third-order valence-corrected chi connectivity index (χ3v) is 6.70.